The van der Waals surface area contributed by atoms with Crippen LogP contribution in [0.2, 0.25) is 0 Å². The van der Waals surface area contributed by atoms with Gasteiger partial charge in [0.2, 0.25) is 5.91 Å². The number of carbonyl (C=O) groups excluding carboxylic acids is 1. The first-order chi connectivity index (χ1) is 9.15. The molecule has 3 N–H and O–H groups in total. The molecule has 2 rings (SSSR count). The second kappa shape index (κ2) is 5.76. The van der Waals surface area contributed by atoms with Crippen LogP contribution in [0.15, 0.2) is 30.6 Å². The van der Waals surface area contributed by atoms with Crippen LogP contribution in [0.1, 0.15) is 21.7 Å². The largest absolute Gasteiger partial charge is 0.478 e. The molecule has 0 fully saturated rings. The Morgan fingerprint density at radius 3 is 2.84 bits per heavy atom. The molecule has 0 bridgehead atoms. The van der Waals surface area contributed by atoms with Crippen molar-refractivity contribution in [3.63, 3.8) is 0 Å². The molecule has 2 aromatic rings. The van der Waals surface area contributed by atoms with E-state index in [0.717, 1.165) is 0 Å². The van der Waals surface area contributed by atoms with Crippen LogP contribution in [0.3, 0.4) is 0 Å². The zero-order chi connectivity index (χ0) is 13.7. The molecule has 0 aliphatic rings. The van der Waals surface area contributed by atoms with Gasteiger partial charge in [0.25, 0.3) is 0 Å². The standard InChI is InChI=1S/C12H12N4O3/c17-11(6-9-2-4-15-16-9)14-7-10-5-8(12(18)19)1-3-13-10/h1-5H,6-7H2,(H,14,17)(H,15,16)(H,18,19). The molecule has 7 heteroatoms. The number of carboxylic acids is 1. The van der Waals surface area contributed by atoms with E-state index < -0.39 is 5.97 Å². The van der Waals surface area contributed by atoms with E-state index in [4.69, 9.17) is 5.11 Å². The molecular formula is C12H12N4O3. The highest BCUT2D eigenvalue weighted by atomic mass is 16.4. The molecule has 2 aromatic heterocycles. The zero-order valence-electron chi connectivity index (χ0n) is 9.96. The molecule has 19 heavy (non-hydrogen) atoms. The van der Waals surface area contributed by atoms with Gasteiger partial charge in [-0.15, -0.1) is 0 Å². The molecule has 98 valence electrons. The van der Waals surface area contributed by atoms with Crippen molar-refractivity contribution < 1.29 is 14.7 Å². The third kappa shape index (κ3) is 3.63. The molecule has 0 atom stereocenters. The van der Waals surface area contributed by atoms with E-state index in [9.17, 15) is 9.59 Å². The third-order valence-electron chi connectivity index (χ3n) is 2.44. The summed E-state index contributed by atoms with van der Waals surface area (Å²) in [7, 11) is 0. The van der Waals surface area contributed by atoms with Gasteiger partial charge in [0.15, 0.2) is 0 Å². The van der Waals surface area contributed by atoms with E-state index in [0.29, 0.717) is 11.4 Å². The van der Waals surface area contributed by atoms with Crippen LogP contribution < -0.4 is 5.32 Å². The van der Waals surface area contributed by atoms with Crippen molar-refractivity contribution in [2.45, 2.75) is 13.0 Å². The predicted molar refractivity (Wildman–Crippen MR) is 65.3 cm³/mol. The fourth-order valence-electron chi connectivity index (χ4n) is 1.52. The Morgan fingerprint density at radius 1 is 1.32 bits per heavy atom. The van der Waals surface area contributed by atoms with Crippen LogP contribution in [0, 0.1) is 0 Å². The summed E-state index contributed by atoms with van der Waals surface area (Å²) in [4.78, 5) is 26.4. The molecule has 0 aromatic carbocycles. The minimum atomic E-state index is -1.02. The molecule has 1 amide bonds. The molecule has 0 unspecified atom stereocenters. The molecule has 2 heterocycles. The van der Waals surface area contributed by atoms with Crippen molar-refractivity contribution in [1.29, 1.82) is 0 Å². The second-order valence-electron chi connectivity index (χ2n) is 3.88. The van der Waals surface area contributed by atoms with Gasteiger partial charge in [-0.1, -0.05) is 0 Å². The van der Waals surface area contributed by atoms with Gasteiger partial charge in [-0.05, 0) is 18.2 Å². The van der Waals surface area contributed by atoms with Crippen LogP contribution in [-0.4, -0.2) is 32.2 Å². The van der Waals surface area contributed by atoms with Crippen molar-refractivity contribution in [3.8, 4) is 0 Å². The van der Waals surface area contributed by atoms with Crippen molar-refractivity contribution in [2.24, 2.45) is 0 Å². The first-order valence-electron chi connectivity index (χ1n) is 5.58. The van der Waals surface area contributed by atoms with E-state index in [1.165, 1.54) is 18.3 Å². The Morgan fingerprint density at radius 2 is 2.16 bits per heavy atom. The monoisotopic (exact) mass is 260 g/mol. The van der Waals surface area contributed by atoms with Crippen LogP contribution in [0.5, 0.6) is 0 Å². The Balaban J connectivity index is 1.89. The molecule has 0 aliphatic carbocycles. The van der Waals surface area contributed by atoms with Crippen molar-refractivity contribution in [2.75, 3.05) is 0 Å². The summed E-state index contributed by atoms with van der Waals surface area (Å²) in [5.74, 6) is -1.21. The highest BCUT2D eigenvalue weighted by Crippen LogP contribution is 2.02. The smallest absolute Gasteiger partial charge is 0.335 e. The molecule has 0 spiro atoms. The summed E-state index contributed by atoms with van der Waals surface area (Å²) in [6.45, 7) is 0.189. The SMILES string of the molecule is O=C(Cc1ccn[nH]1)NCc1cc(C(=O)O)ccn1. The summed E-state index contributed by atoms with van der Waals surface area (Å²) < 4.78 is 0. The Bertz CT molecular complexity index is 580. The summed E-state index contributed by atoms with van der Waals surface area (Å²) >= 11 is 0. The molecule has 0 saturated heterocycles. The van der Waals surface area contributed by atoms with Gasteiger partial charge in [0.1, 0.15) is 0 Å². The van der Waals surface area contributed by atoms with Gasteiger partial charge in [-0.25, -0.2) is 4.79 Å². The van der Waals surface area contributed by atoms with Crippen LogP contribution >= 0.6 is 0 Å². The quantitative estimate of drug-likeness (QED) is 0.719. The van der Waals surface area contributed by atoms with E-state index >= 15 is 0 Å². The van der Waals surface area contributed by atoms with E-state index in [2.05, 4.69) is 20.5 Å². The predicted octanol–water partition coefficient (Wildman–Crippen LogP) is 0.362. The number of aromatic amines is 1. The number of carbonyl (C=O) groups is 2. The average molecular weight is 260 g/mol. The number of hydrogen-bond donors (Lipinski definition) is 3. The number of hydrogen-bond acceptors (Lipinski definition) is 4. The zero-order valence-corrected chi connectivity index (χ0v) is 9.96. The van der Waals surface area contributed by atoms with Gasteiger partial charge in [-0.3, -0.25) is 14.9 Å². The number of H-pyrrole nitrogens is 1. The number of nitrogens with one attached hydrogen (secondary N) is 2. The number of rotatable bonds is 5. The van der Waals surface area contributed by atoms with Crippen LogP contribution in [0.25, 0.3) is 0 Å². The molecule has 0 aliphatic heterocycles. The third-order valence-corrected chi connectivity index (χ3v) is 2.44. The molecule has 0 radical (unpaired) electrons. The summed E-state index contributed by atoms with van der Waals surface area (Å²) in [5.41, 5.74) is 1.36. The van der Waals surface area contributed by atoms with Crippen molar-refractivity contribution in [3.05, 3.63) is 47.5 Å². The molecule has 7 nitrogen and oxygen atoms in total. The average Bonchev–Trinajstić information content (AvgIpc) is 2.89. The van der Waals surface area contributed by atoms with Gasteiger partial charge in [0, 0.05) is 18.1 Å². The van der Waals surface area contributed by atoms with E-state index in [-0.39, 0.29) is 24.4 Å². The van der Waals surface area contributed by atoms with Gasteiger partial charge >= 0.3 is 5.97 Å². The topological polar surface area (TPSA) is 108 Å². The summed E-state index contributed by atoms with van der Waals surface area (Å²) in [6.07, 6.45) is 3.17. The summed E-state index contributed by atoms with van der Waals surface area (Å²) in [5, 5.41) is 17.9. The van der Waals surface area contributed by atoms with Crippen LogP contribution in [-0.2, 0) is 17.8 Å². The normalized spacial score (nSPS) is 10.1. The number of nitrogens with zero attached hydrogens (tertiary/aromatic N) is 2. The number of aromatic nitrogens is 3. The second-order valence-corrected chi connectivity index (χ2v) is 3.88. The number of aromatic carboxylic acids is 1. The minimum Gasteiger partial charge on any atom is -0.478 e. The number of pyridine rings is 1. The Hall–Kier alpha value is -2.70. The Kier molecular flexibility index (Phi) is 3.87. The lowest BCUT2D eigenvalue weighted by molar-refractivity contribution is -0.120. The fraction of sp³-hybridized carbons (Fsp3) is 0.167. The maximum absolute atomic E-state index is 11.6. The van der Waals surface area contributed by atoms with Gasteiger partial charge in [0.05, 0.1) is 24.2 Å². The minimum absolute atomic E-state index is 0.146. The van der Waals surface area contributed by atoms with E-state index in [1.807, 2.05) is 0 Å². The lowest BCUT2D eigenvalue weighted by Crippen LogP contribution is -2.25. The molecular weight excluding hydrogens is 248 g/mol. The maximum atomic E-state index is 11.6. The highest BCUT2D eigenvalue weighted by molar-refractivity contribution is 5.87. The lowest BCUT2D eigenvalue weighted by atomic mass is 10.2. The fourth-order valence-corrected chi connectivity index (χ4v) is 1.52. The highest BCUT2D eigenvalue weighted by Gasteiger charge is 2.07. The van der Waals surface area contributed by atoms with Crippen LogP contribution in [0.4, 0.5) is 0 Å². The lowest BCUT2D eigenvalue weighted by Gasteiger charge is -2.04. The maximum Gasteiger partial charge on any atom is 0.335 e. The number of carboxylic acid groups (broad SMARTS) is 1. The Labute approximate surface area is 108 Å². The first-order valence-corrected chi connectivity index (χ1v) is 5.58. The van der Waals surface area contributed by atoms with Crippen molar-refractivity contribution in [1.82, 2.24) is 20.5 Å². The van der Waals surface area contributed by atoms with Crippen molar-refractivity contribution >= 4 is 11.9 Å². The first kappa shape index (κ1) is 12.7. The van der Waals surface area contributed by atoms with Gasteiger partial charge in [-0.2, -0.15) is 5.10 Å². The molecule has 0 saturated carbocycles. The van der Waals surface area contributed by atoms with E-state index in [1.54, 1.807) is 12.3 Å². The summed E-state index contributed by atoms with van der Waals surface area (Å²) in [6, 6.07) is 4.54. The number of amides is 1. The van der Waals surface area contributed by atoms with Gasteiger partial charge < -0.3 is 10.4 Å².